The zero-order valence-corrected chi connectivity index (χ0v) is 19.4. The average molecular weight is 453 g/mol. The molecule has 7 heteroatoms. The van der Waals surface area contributed by atoms with E-state index in [1.165, 1.54) is 11.1 Å². The van der Waals surface area contributed by atoms with Crippen molar-refractivity contribution >= 4 is 18.0 Å². The van der Waals surface area contributed by atoms with E-state index in [0.717, 1.165) is 23.1 Å². The average Bonchev–Trinajstić information content (AvgIpc) is 3.15. The molecular weight excluding hydrogens is 420 g/mol. The van der Waals surface area contributed by atoms with Gasteiger partial charge in [0.15, 0.2) is 0 Å². The topological polar surface area (TPSA) is 105 Å². The summed E-state index contributed by atoms with van der Waals surface area (Å²) in [5, 5.41) is 14.7. The van der Waals surface area contributed by atoms with Gasteiger partial charge in [0.2, 0.25) is 5.91 Å². The minimum Gasteiger partial charge on any atom is -0.480 e. The summed E-state index contributed by atoms with van der Waals surface area (Å²) in [4.78, 5) is 35.7. The Balaban J connectivity index is 1.47. The van der Waals surface area contributed by atoms with E-state index in [1.54, 1.807) is 0 Å². The minimum atomic E-state index is -1.11. The molecule has 0 fully saturated rings. The monoisotopic (exact) mass is 452 g/mol. The van der Waals surface area contributed by atoms with Gasteiger partial charge in [-0.25, -0.2) is 9.59 Å². The van der Waals surface area contributed by atoms with Gasteiger partial charge in [-0.2, -0.15) is 0 Å². The Labute approximate surface area is 194 Å². The maximum Gasteiger partial charge on any atom is 0.408 e. The van der Waals surface area contributed by atoms with E-state index in [4.69, 9.17) is 4.74 Å². The zero-order chi connectivity index (χ0) is 24.0. The Morgan fingerprint density at radius 3 is 2.48 bits per heavy atom. The summed E-state index contributed by atoms with van der Waals surface area (Å²) in [5.74, 6) is -1.16. The van der Waals surface area contributed by atoms with Gasteiger partial charge in [0, 0.05) is 12.0 Å². The molecule has 0 spiro atoms. The number of carbonyl (C=O) groups is 3. The van der Waals surface area contributed by atoms with E-state index in [0.29, 0.717) is 19.4 Å². The van der Waals surface area contributed by atoms with Crippen molar-refractivity contribution in [3.8, 4) is 11.1 Å². The van der Waals surface area contributed by atoms with Crippen molar-refractivity contribution in [3.05, 3.63) is 59.2 Å². The lowest BCUT2D eigenvalue weighted by Gasteiger charge is -2.18. The number of ether oxygens (including phenoxy) is 1. The van der Waals surface area contributed by atoms with Crippen LogP contribution in [-0.4, -0.2) is 35.7 Å². The SMILES string of the molecule is CC(C)(C)C(=O)NCCCC[C@H](NC(=O)OCc1cccc2c1Cc1ccccc1-2)C(=O)O. The number of alkyl carbamates (subject to hydrolysis) is 1. The quantitative estimate of drug-likeness (QED) is 0.421. The van der Waals surface area contributed by atoms with Crippen molar-refractivity contribution in [1.82, 2.24) is 10.6 Å². The molecule has 0 aliphatic heterocycles. The molecule has 3 rings (SSSR count). The number of hydrogen-bond donors (Lipinski definition) is 3. The van der Waals surface area contributed by atoms with Crippen LogP contribution in [0.25, 0.3) is 11.1 Å². The van der Waals surface area contributed by atoms with Crippen LogP contribution in [0.5, 0.6) is 0 Å². The zero-order valence-electron chi connectivity index (χ0n) is 19.4. The minimum absolute atomic E-state index is 0.0468. The first-order valence-corrected chi connectivity index (χ1v) is 11.3. The van der Waals surface area contributed by atoms with E-state index in [1.807, 2.05) is 45.0 Å². The number of carboxylic acid groups (broad SMARTS) is 1. The van der Waals surface area contributed by atoms with Crippen LogP contribution in [0, 0.1) is 5.41 Å². The summed E-state index contributed by atoms with van der Waals surface area (Å²) >= 11 is 0. The summed E-state index contributed by atoms with van der Waals surface area (Å²) in [6.45, 7) is 6.05. The maximum absolute atomic E-state index is 12.3. The molecule has 7 nitrogen and oxygen atoms in total. The van der Waals surface area contributed by atoms with Crippen molar-refractivity contribution in [2.45, 2.75) is 59.1 Å². The second-order valence-electron chi connectivity index (χ2n) is 9.39. The number of hydrogen-bond acceptors (Lipinski definition) is 4. The van der Waals surface area contributed by atoms with Crippen LogP contribution in [0.1, 0.15) is 56.7 Å². The highest BCUT2D eigenvalue weighted by atomic mass is 16.5. The number of rotatable bonds is 9. The van der Waals surface area contributed by atoms with Crippen LogP contribution in [0.4, 0.5) is 4.79 Å². The van der Waals surface area contributed by atoms with Crippen LogP contribution in [0.3, 0.4) is 0 Å². The Kier molecular flexibility index (Phi) is 7.74. The van der Waals surface area contributed by atoms with Gasteiger partial charge < -0.3 is 20.5 Å². The lowest BCUT2D eigenvalue weighted by molar-refractivity contribution is -0.139. The molecule has 0 bridgehead atoms. The van der Waals surface area contributed by atoms with Crippen LogP contribution in [-0.2, 0) is 27.4 Å². The number of benzene rings is 2. The van der Waals surface area contributed by atoms with Crippen molar-refractivity contribution in [1.29, 1.82) is 0 Å². The third-order valence-corrected chi connectivity index (χ3v) is 5.78. The van der Waals surface area contributed by atoms with Gasteiger partial charge in [0.05, 0.1) is 0 Å². The second kappa shape index (κ2) is 10.5. The number of fused-ring (bicyclic) bond motifs is 3. The molecule has 33 heavy (non-hydrogen) atoms. The first-order chi connectivity index (χ1) is 15.7. The van der Waals surface area contributed by atoms with Crippen molar-refractivity contribution in [2.24, 2.45) is 5.41 Å². The molecule has 1 aliphatic rings. The van der Waals surface area contributed by atoms with E-state index < -0.39 is 23.5 Å². The standard InChI is InChI=1S/C26H32N2O5/c1-26(2,3)24(31)27-14-7-6-13-22(23(29)30)28-25(32)33-16-18-10-8-12-20-19-11-5-4-9-17(19)15-21(18)20/h4-5,8-12,22H,6-7,13-16H2,1-3H3,(H,27,31)(H,28,32)(H,29,30)/t22-/m0/s1. The Bertz CT molecular complexity index is 1030. The van der Waals surface area contributed by atoms with Gasteiger partial charge in [-0.15, -0.1) is 0 Å². The van der Waals surface area contributed by atoms with Gasteiger partial charge in [0.1, 0.15) is 12.6 Å². The number of amides is 2. The molecule has 0 saturated carbocycles. The van der Waals surface area contributed by atoms with Crippen molar-refractivity contribution < 1.29 is 24.2 Å². The van der Waals surface area contributed by atoms with E-state index in [2.05, 4.69) is 28.8 Å². The third-order valence-electron chi connectivity index (χ3n) is 5.78. The summed E-state index contributed by atoms with van der Waals surface area (Å²) in [7, 11) is 0. The summed E-state index contributed by atoms with van der Waals surface area (Å²) in [6, 6.07) is 13.1. The Morgan fingerprint density at radius 2 is 1.76 bits per heavy atom. The number of nitrogens with one attached hydrogen (secondary N) is 2. The van der Waals surface area contributed by atoms with Crippen LogP contribution in [0.2, 0.25) is 0 Å². The highest BCUT2D eigenvalue weighted by molar-refractivity contribution is 5.81. The van der Waals surface area contributed by atoms with Gasteiger partial charge >= 0.3 is 12.1 Å². The molecule has 3 N–H and O–H groups in total. The predicted molar refractivity (Wildman–Crippen MR) is 126 cm³/mol. The van der Waals surface area contributed by atoms with Gasteiger partial charge in [-0.3, -0.25) is 4.79 Å². The molecule has 2 amide bonds. The van der Waals surface area contributed by atoms with Crippen LogP contribution in [0.15, 0.2) is 42.5 Å². The maximum atomic E-state index is 12.3. The van der Waals surface area contributed by atoms with E-state index in [9.17, 15) is 19.5 Å². The van der Waals surface area contributed by atoms with Crippen LogP contribution < -0.4 is 10.6 Å². The Hall–Kier alpha value is -3.35. The number of carboxylic acids is 1. The molecule has 2 aromatic rings. The van der Waals surface area contributed by atoms with Gasteiger partial charge in [0.25, 0.3) is 0 Å². The molecule has 0 heterocycles. The molecule has 0 unspecified atom stereocenters. The first kappa shape index (κ1) is 24.3. The second-order valence-corrected chi connectivity index (χ2v) is 9.39. The molecule has 0 saturated heterocycles. The number of unbranched alkanes of at least 4 members (excludes halogenated alkanes) is 1. The van der Waals surface area contributed by atoms with E-state index >= 15 is 0 Å². The predicted octanol–water partition coefficient (Wildman–Crippen LogP) is 4.27. The number of carbonyl (C=O) groups excluding carboxylic acids is 2. The van der Waals surface area contributed by atoms with Crippen LogP contribution >= 0.6 is 0 Å². The lowest BCUT2D eigenvalue weighted by atomic mass is 9.95. The highest BCUT2D eigenvalue weighted by Gasteiger charge is 2.23. The van der Waals surface area contributed by atoms with Crippen molar-refractivity contribution in [3.63, 3.8) is 0 Å². The molecular formula is C26H32N2O5. The Morgan fingerprint density at radius 1 is 1.03 bits per heavy atom. The fraction of sp³-hybridized carbons (Fsp3) is 0.423. The van der Waals surface area contributed by atoms with Crippen molar-refractivity contribution in [2.75, 3.05) is 6.54 Å². The smallest absolute Gasteiger partial charge is 0.408 e. The summed E-state index contributed by atoms with van der Waals surface area (Å²) in [5.41, 5.74) is 5.18. The first-order valence-electron chi connectivity index (χ1n) is 11.3. The highest BCUT2D eigenvalue weighted by Crippen LogP contribution is 2.38. The normalized spacial score (nSPS) is 12.9. The molecule has 2 aromatic carbocycles. The lowest BCUT2D eigenvalue weighted by Crippen LogP contribution is -2.41. The molecule has 1 aliphatic carbocycles. The molecule has 0 aromatic heterocycles. The van der Waals surface area contributed by atoms with E-state index in [-0.39, 0.29) is 18.9 Å². The summed E-state index contributed by atoms with van der Waals surface area (Å²) in [6.07, 6.45) is 1.46. The number of aliphatic carboxylic acids is 1. The van der Waals surface area contributed by atoms with Gasteiger partial charge in [-0.1, -0.05) is 63.2 Å². The third kappa shape index (κ3) is 6.34. The fourth-order valence-corrected chi connectivity index (χ4v) is 3.88. The largest absolute Gasteiger partial charge is 0.480 e. The molecule has 0 radical (unpaired) electrons. The molecule has 176 valence electrons. The van der Waals surface area contributed by atoms with Gasteiger partial charge in [-0.05, 0) is 53.5 Å². The molecule has 1 atom stereocenters. The summed E-state index contributed by atoms with van der Waals surface area (Å²) < 4.78 is 5.36. The fourth-order valence-electron chi connectivity index (χ4n) is 3.88.